The van der Waals surface area contributed by atoms with Gasteiger partial charge in [-0.05, 0) is 48.2 Å². The number of rotatable bonds is 3. The van der Waals surface area contributed by atoms with Gasteiger partial charge >= 0.3 is 0 Å². The molecule has 1 aromatic heterocycles. The second-order valence-electron chi connectivity index (χ2n) is 5.25. The third-order valence-electron chi connectivity index (χ3n) is 3.89. The van der Waals surface area contributed by atoms with E-state index in [0.717, 1.165) is 16.4 Å². The van der Waals surface area contributed by atoms with E-state index >= 15 is 0 Å². The molecule has 0 radical (unpaired) electrons. The van der Waals surface area contributed by atoms with Gasteiger partial charge in [0.15, 0.2) is 0 Å². The van der Waals surface area contributed by atoms with Crippen molar-refractivity contribution in [3.05, 3.63) is 75.9 Å². The molecular formula is C18H17BrN2. The number of hydrogen-bond donors (Lipinski definition) is 1. The maximum absolute atomic E-state index is 6.45. The van der Waals surface area contributed by atoms with Gasteiger partial charge < -0.3 is 5.73 Å². The van der Waals surface area contributed by atoms with Crippen LogP contribution >= 0.6 is 15.9 Å². The van der Waals surface area contributed by atoms with E-state index in [1.54, 1.807) is 0 Å². The molecule has 0 aliphatic heterocycles. The summed E-state index contributed by atoms with van der Waals surface area (Å²) in [6, 6.07) is 16.4. The normalized spacial score (nSPS) is 12.5. The highest BCUT2D eigenvalue weighted by atomic mass is 79.9. The highest BCUT2D eigenvalue weighted by molar-refractivity contribution is 9.10. The fourth-order valence-electron chi connectivity index (χ4n) is 2.71. The van der Waals surface area contributed by atoms with Crippen molar-refractivity contribution in [1.29, 1.82) is 0 Å². The Hall–Kier alpha value is -1.71. The van der Waals surface area contributed by atoms with Crippen LogP contribution in [0.5, 0.6) is 0 Å². The van der Waals surface area contributed by atoms with Gasteiger partial charge in [-0.2, -0.15) is 0 Å². The number of hydrogen-bond acceptors (Lipinski definition) is 2. The van der Waals surface area contributed by atoms with E-state index in [9.17, 15) is 0 Å². The molecule has 0 saturated heterocycles. The molecule has 21 heavy (non-hydrogen) atoms. The Labute approximate surface area is 133 Å². The number of halogens is 1. The minimum Gasteiger partial charge on any atom is -0.324 e. The first-order chi connectivity index (χ1) is 10.2. The Morgan fingerprint density at radius 2 is 1.90 bits per heavy atom. The van der Waals surface area contributed by atoms with Crippen LogP contribution in [-0.2, 0) is 6.42 Å². The summed E-state index contributed by atoms with van der Waals surface area (Å²) >= 11 is 3.57. The lowest BCUT2D eigenvalue weighted by atomic mass is 9.95. The summed E-state index contributed by atoms with van der Waals surface area (Å²) in [6.07, 6.45) is 2.67. The first-order valence-corrected chi connectivity index (χ1v) is 7.79. The first-order valence-electron chi connectivity index (χ1n) is 7.00. The van der Waals surface area contributed by atoms with Crippen LogP contribution < -0.4 is 5.73 Å². The molecule has 106 valence electrons. The van der Waals surface area contributed by atoms with E-state index in [0.29, 0.717) is 0 Å². The van der Waals surface area contributed by atoms with Gasteiger partial charge in [-0.15, -0.1) is 0 Å². The standard InChI is InChI=1S/C18H17BrN2/c1-12-14(6-4-7-16(12)19)17(20)11-13-9-10-21-18-8-3-2-5-15(13)18/h2-10,17H,11,20H2,1H3. The van der Waals surface area contributed by atoms with E-state index in [1.165, 1.54) is 22.1 Å². The second kappa shape index (κ2) is 5.96. The lowest BCUT2D eigenvalue weighted by Crippen LogP contribution is -2.15. The zero-order valence-corrected chi connectivity index (χ0v) is 13.5. The van der Waals surface area contributed by atoms with E-state index in [2.05, 4.69) is 46.0 Å². The molecule has 2 N–H and O–H groups in total. The second-order valence-corrected chi connectivity index (χ2v) is 6.11. The van der Waals surface area contributed by atoms with Crippen molar-refractivity contribution in [2.75, 3.05) is 0 Å². The number of nitrogens with zero attached hydrogens (tertiary/aromatic N) is 1. The SMILES string of the molecule is Cc1c(Br)cccc1C(N)Cc1ccnc2ccccc12. The van der Waals surface area contributed by atoms with Crippen LogP contribution in [0.3, 0.4) is 0 Å². The summed E-state index contributed by atoms with van der Waals surface area (Å²) in [6.45, 7) is 2.10. The molecule has 1 atom stereocenters. The van der Waals surface area contributed by atoms with Crippen molar-refractivity contribution >= 4 is 26.8 Å². The predicted octanol–water partition coefficient (Wildman–Crippen LogP) is 4.55. The maximum Gasteiger partial charge on any atom is 0.0704 e. The molecule has 0 aliphatic carbocycles. The average molecular weight is 341 g/mol. The van der Waals surface area contributed by atoms with Gasteiger partial charge in [0.1, 0.15) is 0 Å². The summed E-state index contributed by atoms with van der Waals surface area (Å²) in [7, 11) is 0. The van der Waals surface area contributed by atoms with Crippen LogP contribution in [0.2, 0.25) is 0 Å². The molecule has 0 aliphatic rings. The Bertz CT molecular complexity index is 778. The Morgan fingerprint density at radius 1 is 1.10 bits per heavy atom. The van der Waals surface area contributed by atoms with Gasteiger partial charge in [-0.25, -0.2) is 0 Å². The largest absolute Gasteiger partial charge is 0.324 e. The van der Waals surface area contributed by atoms with Gasteiger partial charge in [0.25, 0.3) is 0 Å². The van der Waals surface area contributed by atoms with Crippen LogP contribution in [-0.4, -0.2) is 4.98 Å². The van der Waals surface area contributed by atoms with Gasteiger partial charge in [0.2, 0.25) is 0 Å². The fourth-order valence-corrected chi connectivity index (χ4v) is 3.09. The summed E-state index contributed by atoms with van der Waals surface area (Å²) in [5, 5.41) is 1.18. The van der Waals surface area contributed by atoms with E-state index < -0.39 is 0 Å². The topological polar surface area (TPSA) is 38.9 Å². The lowest BCUT2D eigenvalue weighted by molar-refractivity contribution is 0.719. The highest BCUT2D eigenvalue weighted by Crippen LogP contribution is 2.27. The van der Waals surface area contributed by atoms with E-state index in [1.807, 2.05) is 36.5 Å². The number of benzene rings is 2. The molecule has 1 unspecified atom stereocenters. The van der Waals surface area contributed by atoms with Crippen LogP contribution in [0.15, 0.2) is 59.2 Å². The van der Waals surface area contributed by atoms with Crippen LogP contribution in [0, 0.1) is 6.92 Å². The van der Waals surface area contributed by atoms with Crippen LogP contribution in [0.25, 0.3) is 10.9 Å². The lowest BCUT2D eigenvalue weighted by Gasteiger charge is -2.17. The molecule has 3 rings (SSSR count). The molecule has 2 nitrogen and oxygen atoms in total. The average Bonchev–Trinajstić information content (AvgIpc) is 2.50. The number of pyridine rings is 1. The van der Waals surface area contributed by atoms with Crippen molar-refractivity contribution in [3.63, 3.8) is 0 Å². The molecule has 0 fully saturated rings. The fraction of sp³-hybridized carbons (Fsp3) is 0.167. The maximum atomic E-state index is 6.45. The Kier molecular flexibility index (Phi) is 4.04. The van der Waals surface area contributed by atoms with E-state index in [4.69, 9.17) is 5.73 Å². The molecule has 1 heterocycles. The summed E-state index contributed by atoms with van der Waals surface area (Å²) < 4.78 is 1.11. The Balaban J connectivity index is 1.97. The molecule has 2 aromatic carbocycles. The molecular weight excluding hydrogens is 324 g/mol. The zero-order chi connectivity index (χ0) is 14.8. The highest BCUT2D eigenvalue weighted by Gasteiger charge is 2.13. The van der Waals surface area contributed by atoms with Crippen molar-refractivity contribution in [2.45, 2.75) is 19.4 Å². The molecule has 0 spiro atoms. The third kappa shape index (κ3) is 2.85. The van der Waals surface area contributed by atoms with Crippen LogP contribution in [0.4, 0.5) is 0 Å². The minimum atomic E-state index is -0.0201. The smallest absolute Gasteiger partial charge is 0.0704 e. The van der Waals surface area contributed by atoms with Crippen molar-refractivity contribution < 1.29 is 0 Å². The van der Waals surface area contributed by atoms with Crippen molar-refractivity contribution in [2.24, 2.45) is 5.73 Å². The van der Waals surface area contributed by atoms with E-state index in [-0.39, 0.29) is 6.04 Å². The monoisotopic (exact) mass is 340 g/mol. The summed E-state index contributed by atoms with van der Waals surface area (Å²) in [4.78, 5) is 4.41. The van der Waals surface area contributed by atoms with Gasteiger partial charge in [0.05, 0.1) is 5.52 Å². The molecule has 0 saturated carbocycles. The molecule has 3 heteroatoms. The molecule has 0 bridgehead atoms. The summed E-state index contributed by atoms with van der Waals surface area (Å²) in [5.41, 5.74) is 11.1. The zero-order valence-electron chi connectivity index (χ0n) is 11.9. The van der Waals surface area contributed by atoms with Crippen molar-refractivity contribution in [3.8, 4) is 0 Å². The van der Waals surface area contributed by atoms with Gasteiger partial charge in [-0.1, -0.05) is 46.3 Å². The minimum absolute atomic E-state index is 0.0201. The Morgan fingerprint density at radius 3 is 2.76 bits per heavy atom. The predicted molar refractivity (Wildman–Crippen MR) is 91.3 cm³/mol. The first kappa shape index (κ1) is 14.2. The number of aromatic nitrogens is 1. The van der Waals surface area contributed by atoms with Gasteiger partial charge in [0, 0.05) is 22.1 Å². The third-order valence-corrected chi connectivity index (χ3v) is 4.75. The number of fused-ring (bicyclic) bond motifs is 1. The van der Waals surface area contributed by atoms with Crippen LogP contribution in [0.1, 0.15) is 22.7 Å². The molecule has 0 amide bonds. The van der Waals surface area contributed by atoms with Crippen molar-refractivity contribution in [1.82, 2.24) is 4.98 Å². The number of para-hydroxylation sites is 1. The molecule has 3 aromatic rings. The summed E-state index contributed by atoms with van der Waals surface area (Å²) in [5.74, 6) is 0. The quantitative estimate of drug-likeness (QED) is 0.759. The van der Waals surface area contributed by atoms with Gasteiger partial charge in [-0.3, -0.25) is 4.98 Å². The number of nitrogens with two attached hydrogens (primary N) is 1.